The number of aromatic nitrogens is 1. The minimum absolute atomic E-state index is 0.0309. The van der Waals surface area contributed by atoms with Crippen LogP contribution in [0.2, 0.25) is 5.02 Å². The predicted molar refractivity (Wildman–Crippen MR) is 115 cm³/mol. The number of nitrogens with one attached hydrogen (secondary N) is 1. The first kappa shape index (κ1) is 20.4. The second-order valence-electron chi connectivity index (χ2n) is 6.42. The van der Waals surface area contributed by atoms with E-state index in [0.717, 1.165) is 15.4 Å². The maximum Gasteiger partial charge on any atom is 0.259 e. The summed E-state index contributed by atoms with van der Waals surface area (Å²) in [4.78, 5) is 25.0. The van der Waals surface area contributed by atoms with Gasteiger partial charge in [0.25, 0.3) is 5.56 Å². The minimum atomic E-state index is -0.218. The monoisotopic (exact) mass is 462 g/mol. The maximum atomic E-state index is 12.7. The molecular weight excluding hydrogens is 444 g/mol. The molecule has 3 rings (SSSR count). The summed E-state index contributed by atoms with van der Waals surface area (Å²) in [6, 6.07) is 12.9. The van der Waals surface area contributed by atoms with Gasteiger partial charge in [-0.15, -0.1) is 0 Å². The van der Waals surface area contributed by atoms with E-state index in [1.165, 1.54) is 4.57 Å². The second kappa shape index (κ2) is 9.26. The first-order chi connectivity index (χ1) is 13.5. The first-order valence-corrected chi connectivity index (χ1v) is 10.1. The number of hydrogen-bond acceptors (Lipinski definition) is 3. The van der Waals surface area contributed by atoms with Crippen LogP contribution >= 0.6 is 27.5 Å². The van der Waals surface area contributed by atoms with Gasteiger partial charge in [0.15, 0.2) is 0 Å². The molecule has 1 heterocycles. The van der Waals surface area contributed by atoms with E-state index in [2.05, 4.69) is 21.2 Å². The number of pyridine rings is 1. The van der Waals surface area contributed by atoms with Gasteiger partial charge < -0.3 is 14.6 Å². The molecule has 0 radical (unpaired) electrons. The van der Waals surface area contributed by atoms with E-state index in [0.29, 0.717) is 35.7 Å². The predicted octanol–water partition coefficient (Wildman–Crippen LogP) is 4.31. The van der Waals surface area contributed by atoms with Gasteiger partial charge in [-0.25, -0.2) is 0 Å². The molecule has 0 aliphatic rings. The minimum Gasteiger partial charge on any atom is -0.493 e. The molecule has 0 saturated heterocycles. The van der Waals surface area contributed by atoms with Crippen molar-refractivity contribution in [2.45, 2.75) is 19.9 Å². The largest absolute Gasteiger partial charge is 0.493 e. The molecule has 1 aromatic heterocycles. The third kappa shape index (κ3) is 4.94. The summed E-state index contributed by atoms with van der Waals surface area (Å²) in [7, 11) is 0. The number of ether oxygens (including phenoxy) is 1. The van der Waals surface area contributed by atoms with Crippen LogP contribution in [0.15, 0.2) is 57.9 Å². The number of carbonyl (C=O) groups is 1. The summed E-state index contributed by atoms with van der Waals surface area (Å²) in [5.41, 5.74) is 0.715. The lowest BCUT2D eigenvalue weighted by Gasteiger charge is -2.11. The standard InChI is InChI=1S/C21H20BrClN2O3/c1-14-5-2-8-17-18(22)12-25(21(27)20(14)17)13-19(26)24-9-4-10-28-16-7-3-6-15(23)11-16/h2-3,5-8,11-12H,4,9-10,13H2,1H3,(H,24,26). The van der Waals surface area contributed by atoms with E-state index in [1.807, 2.05) is 37.3 Å². The highest BCUT2D eigenvalue weighted by molar-refractivity contribution is 9.10. The summed E-state index contributed by atoms with van der Waals surface area (Å²) in [6.45, 7) is 2.78. The van der Waals surface area contributed by atoms with E-state index in [9.17, 15) is 9.59 Å². The fourth-order valence-corrected chi connectivity index (χ4v) is 3.69. The average molecular weight is 464 g/mol. The molecule has 0 spiro atoms. The smallest absolute Gasteiger partial charge is 0.259 e. The van der Waals surface area contributed by atoms with Crippen LogP contribution < -0.4 is 15.6 Å². The highest BCUT2D eigenvalue weighted by Crippen LogP contribution is 2.23. The molecule has 0 unspecified atom stereocenters. The quantitative estimate of drug-likeness (QED) is 0.531. The molecule has 0 atom stereocenters. The van der Waals surface area contributed by atoms with E-state index in [4.69, 9.17) is 16.3 Å². The van der Waals surface area contributed by atoms with Gasteiger partial charge in [-0.1, -0.05) is 35.9 Å². The van der Waals surface area contributed by atoms with Crippen molar-refractivity contribution in [3.8, 4) is 5.75 Å². The molecule has 5 nitrogen and oxygen atoms in total. The van der Waals surface area contributed by atoms with E-state index < -0.39 is 0 Å². The van der Waals surface area contributed by atoms with Crippen molar-refractivity contribution in [3.63, 3.8) is 0 Å². The zero-order valence-electron chi connectivity index (χ0n) is 15.4. The number of benzene rings is 2. The molecule has 0 fully saturated rings. The van der Waals surface area contributed by atoms with E-state index >= 15 is 0 Å². The number of amides is 1. The third-order valence-corrected chi connectivity index (χ3v) is 5.16. The number of halogens is 2. The lowest BCUT2D eigenvalue weighted by Crippen LogP contribution is -2.33. The molecule has 0 bridgehead atoms. The van der Waals surface area contributed by atoms with E-state index in [1.54, 1.807) is 18.3 Å². The maximum absolute atomic E-state index is 12.7. The van der Waals surface area contributed by atoms with Crippen LogP contribution in [-0.4, -0.2) is 23.6 Å². The Labute approximate surface area is 176 Å². The number of aryl methyl sites for hydroxylation is 1. The van der Waals surface area contributed by atoms with Crippen LogP contribution in [0.1, 0.15) is 12.0 Å². The van der Waals surface area contributed by atoms with Gasteiger partial charge in [-0.3, -0.25) is 9.59 Å². The lowest BCUT2D eigenvalue weighted by molar-refractivity contribution is -0.121. The fraction of sp³-hybridized carbons (Fsp3) is 0.238. The molecule has 0 aliphatic carbocycles. The highest BCUT2D eigenvalue weighted by atomic mass is 79.9. The summed E-state index contributed by atoms with van der Waals surface area (Å²) >= 11 is 9.39. The van der Waals surface area contributed by atoms with Crippen LogP contribution in [0.3, 0.4) is 0 Å². The molecular formula is C21H20BrClN2O3. The molecule has 2 aromatic carbocycles. The highest BCUT2D eigenvalue weighted by Gasteiger charge is 2.11. The zero-order chi connectivity index (χ0) is 20.1. The van der Waals surface area contributed by atoms with Gasteiger partial charge in [-0.2, -0.15) is 0 Å². The SMILES string of the molecule is Cc1cccc2c(Br)cn(CC(=O)NCCCOc3cccc(Cl)c3)c(=O)c12. The molecule has 146 valence electrons. The molecule has 3 aromatic rings. The Morgan fingerprint density at radius 2 is 2.04 bits per heavy atom. The Balaban J connectivity index is 1.54. The molecule has 7 heteroatoms. The van der Waals surface area contributed by atoms with Crippen molar-refractivity contribution in [2.75, 3.05) is 13.2 Å². The van der Waals surface area contributed by atoms with Crippen LogP contribution in [-0.2, 0) is 11.3 Å². The number of fused-ring (bicyclic) bond motifs is 1. The zero-order valence-corrected chi connectivity index (χ0v) is 17.7. The third-order valence-electron chi connectivity index (χ3n) is 4.30. The van der Waals surface area contributed by atoms with Gasteiger partial charge in [0.05, 0.1) is 12.0 Å². The van der Waals surface area contributed by atoms with Crippen LogP contribution in [0, 0.1) is 6.92 Å². The number of carbonyl (C=O) groups excluding carboxylic acids is 1. The summed E-state index contributed by atoms with van der Waals surface area (Å²) in [5.74, 6) is 0.478. The van der Waals surface area contributed by atoms with Crippen molar-refractivity contribution in [1.82, 2.24) is 9.88 Å². The van der Waals surface area contributed by atoms with Crippen LogP contribution in [0.4, 0.5) is 0 Å². The van der Waals surface area contributed by atoms with Crippen LogP contribution in [0.5, 0.6) is 5.75 Å². The molecule has 0 saturated carbocycles. The van der Waals surface area contributed by atoms with Crippen molar-refractivity contribution < 1.29 is 9.53 Å². The molecule has 28 heavy (non-hydrogen) atoms. The van der Waals surface area contributed by atoms with Gasteiger partial charge in [0.2, 0.25) is 5.91 Å². The molecule has 1 amide bonds. The Morgan fingerprint density at radius 1 is 1.25 bits per heavy atom. The van der Waals surface area contributed by atoms with Gasteiger partial charge in [0, 0.05) is 27.6 Å². The second-order valence-corrected chi connectivity index (χ2v) is 7.71. The van der Waals surface area contributed by atoms with Gasteiger partial charge in [0.1, 0.15) is 12.3 Å². The summed E-state index contributed by atoms with van der Waals surface area (Å²) in [6.07, 6.45) is 2.31. The number of nitrogens with zero attached hydrogens (tertiary/aromatic N) is 1. The Kier molecular flexibility index (Phi) is 6.75. The number of rotatable bonds is 7. The summed E-state index contributed by atoms with van der Waals surface area (Å²) in [5, 5.41) is 4.91. The molecule has 0 aliphatic heterocycles. The molecule has 1 N–H and O–H groups in total. The first-order valence-electron chi connectivity index (χ1n) is 8.89. The van der Waals surface area contributed by atoms with E-state index in [-0.39, 0.29) is 18.0 Å². The number of hydrogen-bond donors (Lipinski definition) is 1. The summed E-state index contributed by atoms with van der Waals surface area (Å²) < 4.78 is 7.80. The van der Waals surface area contributed by atoms with Crippen molar-refractivity contribution >= 4 is 44.2 Å². The van der Waals surface area contributed by atoms with Crippen molar-refractivity contribution in [1.29, 1.82) is 0 Å². The van der Waals surface area contributed by atoms with Crippen molar-refractivity contribution in [3.05, 3.63) is 74.1 Å². The fourth-order valence-electron chi connectivity index (χ4n) is 2.93. The topological polar surface area (TPSA) is 60.3 Å². The Morgan fingerprint density at radius 3 is 2.82 bits per heavy atom. The van der Waals surface area contributed by atoms with Gasteiger partial charge >= 0.3 is 0 Å². The Hall–Kier alpha value is -2.31. The van der Waals surface area contributed by atoms with Crippen molar-refractivity contribution in [2.24, 2.45) is 0 Å². The average Bonchev–Trinajstić information content (AvgIpc) is 2.65. The Bertz CT molecular complexity index is 1070. The lowest BCUT2D eigenvalue weighted by atomic mass is 10.1. The van der Waals surface area contributed by atoms with Crippen LogP contribution in [0.25, 0.3) is 10.8 Å². The normalized spacial score (nSPS) is 10.8. The van der Waals surface area contributed by atoms with Gasteiger partial charge in [-0.05, 0) is 53.0 Å².